The Labute approximate surface area is 145 Å². The van der Waals surface area contributed by atoms with E-state index < -0.39 is 5.97 Å². The Morgan fingerprint density at radius 1 is 0.720 bits per heavy atom. The van der Waals surface area contributed by atoms with Crippen LogP contribution in [0, 0.1) is 0 Å². The first-order chi connectivity index (χ1) is 12.1. The van der Waals surface area contributed by atoms with Gasteiger partial charge in [-0.3, -0.25) is 4.79 Å². The third-order valence-corrected chi connectivity index (χ3v) is 3.91. The molecule has 3 rings (SSSR count). The average molecular weight is 331 g/mol. The molecule has 0 heterocycles. The van der Waals surface area contributed by atoms with E-state index in [2.05, 4.69) is 5.32 Å². The highest BCUT2D eigenvalue weighted by Crippen LogP contribution is 2.19. The van der Waals surface area contributed by atoms with Crippen LogP contribution in [0.4, 0.5) is 0 Å². The summed E-state index contributed by atoms with van der Waals surface area (Å²) in [4.78, 5) is 23.1. The molecule has 0 aliphatic rings. The molecule has 0 aromatic heterocycles. The number of hydrogen-bond donors (Lipinski definition) is 2. The monoisotopic (exact) mass is 331 g/mol. The number of aromatic carboxylic acids is 1. The number of carbonyl (C=O) groups is 2. The molecule has 0 bridgehead atoms. The molecular formula is C21H17NO3. The molecule has 0 spiro atoms. The molecule has 3 aromatic carbocycles. The SMILES string of the molecule is O=C(O)c1ccc(CNC(=O)c2ccc(-c3ccccc3)cc2)cc1. The molecule has 4 nitrogen and oxygen atoms in total. The molecule has 124 valence electrons. The second-order valence-corrected chi connectivity index (χ2v) is 5.63. The highest BCUT2D eigenvalue weighted by molar-refractivity contribution is 5.94. The molecule has 0 saturated carbocycles. The van der Waals surface area contributed by atoms with E-state index in [0.29, 0.717) is 12.1 Å². The number of amides is 1. The largest absolute Gasteiger partial charge is 0.478 e. The first kappa shape index (κ1) is 16.5. The van der Waals surface area contributed by atoms with Crippen LogP contribution in [0.1, 0.15) is 26.3 Å². The standard InChI is InChI=1S/C21H17NO3/c23-20(22-14-15-6-8-19(9-7-15)21(24)25)18-12-10-17(11-13-18)16-4-2-1-3-5-16/h1-13H,14H2,(H,22,23)(H,24,25). The molecule has 2 N–H and O–H groups in total. The molecule has 25 heavy (non-hydrogen) atoms. The van der Waals surface area contributed by atoms with Crippen LogP contribution < -0.4 is 5.32 Å². The summed E-state index contributed by atoms with van der Waals surface area (Å²) in [6, 6.07) is 23.9. The number of nitrogens with one attached hydrogen (secondary N) is 1. The highest BCUT2D eigenvalue weighted by atomic mass is 16.4. The van der Waals surface area contributed by atoms with E-state index in [1.807, 2.05) is 42.5 Å². The molecule has 3 aromatic rings. The number of rotatable bonds is 5. The summed E-state index contributed by atoms with van der Waals surface area (Å²) in [5.74, 6) is -1.13. The van der Waals surface area contributed by atoms with Crippen LogP contribution in [-0.2, 0) is 6.54 Å². The van der Waals surface area contributed by atoms with Crippen molar-refractivity contribution in [2.24, 2.45) is 0 Å². The van der Waals surface area contributed by atoms with Gasteiger partial charge in [-0.25, -0.2) is 4.79 Å². The van der Waals surface area contributed by atoms with Crippen LogP contribution in [0.15, 0.2) is 78.9 Å². The fraction of sp³-hybridized carbons (Fsp3) is 0.0476. The number of carboxylic acid groups (broad SMARTS) is 1. The van der Waals surface area contributed by atoms with E-state index in [-0.39, 0.29) is 11.5 Å². The van der Waals surface area contributed by atoms with E-state index in [1.54, 1.807) is 24.3 Å². The van der Waals surface area contributed by atoms with Gasteiger partial charge in [0.25, 0.3) is 5.91 Å². The van der Waals surface area contributed by atoms with Gasteiger partial charge < -0.3 is 10.4 Å². The average Bonchev–Trinajstić information content (AvgIpc) is 2.67. The van der Waals surface area contributed by atoms with Gasteiger partial charge in [0.2, 0.25) is 0 Å². The second kappa shape index (κ2) is 7.45. The van der Waals surface area contributed by atoms with Crippen molar-refractivity contribution in [2.75, 3.05) is 0 Å². The summed E-state index contributed by atoms with van der Waals surface area (Å²) in [6.45, 7) is 0.346. The predicted octanol–water partition coefficient (Wildman–Crippen LogP) is 3.98. The number of hydrogen-bond acceptors (Lipinski definition) is 2. The molecule has 0 atom stereocenters. The quantitative estimate of drug-likeness (QED) is 0.743. The third kappa shape index (κ3) is 4.12. The number of carbonyl (C=O) groups excluding carboxylic acids is 1. The Kier molecular flexibility index (Phi) is 4.90. The van der Waals surface area contributed by atoms with Crippen molar-refractivity contribution in [2.45, 2.75) is 6.54 Å². The second-order valence-electron chi connectivity index (χ2n) is 5.63. The first-order valence-corrected chi connectivity index (χ1v) is 7.89. The zero-order valence-corrected chi connectivity index (χ0v) is 13.5. The summed E-state index contributed by atoms with van der Waals surface area (Å²) < 4.78 is 0. The first-order valence-electron chi connectivity index (χ1n) is 7.89. The number of benzene rings is 3. The molecule has 0 aliphatic carbocycles. The molecule has 1 amide bonds. The molecular weight excluding hydrogens is 314 g/mol. The fourth-order valence-electron chi connectivity index (χ4n) is 2.49. The van der Waals surface area contributed by atoms with Crippen molar-refractivity contribution >= 4 is 11.9 Å². The van der Waals surface area contributed by atoms with Crippen LogP contribution >= 0.6 is 0 Å². The smallest absolute Gasteiger partial charge is 0.335 e. The zero-order valence-electron chi connectivity index (χ0n) is 13.5. The Bertz CT molecular complexity index is 869. The maximum absolute atomic E-state index is 12.2. The van der Waals surface area contributed by atoms with Gasteiger partial charge in [-0.15, -0.1) is 0 Å². The fourth-order valence-corrected chi connectivity index (χ4v) is 2.49. The van der Waals surface area contributed by atoms with E-state index >= 15 is 0 Å². The summed E-state index contributed by atoms with van der Waals surface area (Å²) in [7, 11) is 0. The molecule has 0 unspecified atom stereocenters. The van der Waals surface area contributed by atoms with Crippen LogP contribution in [0.3, 0.4) is 0 Å². The molecule has 0 saturated heterocycles. The van der Waals surface area contributed by atoms with Crippen LogP contribution in [0.25, 0.3) is 11.1 Å². The van der Waals surface area contributed by atoms with Crippen molar-refractivity contribution in [1.29, 1.82) is 0 Å². The van der Waals surface area contributed by atoms with Gasteiger partial charge in [-0.2, -0.15) is 0 Å². The van der Waals surface area contributed by atoms with Gasteiger partial charge in [0.15, 0.2) is 0 Å². The lowest BCUT2D eigenvalue weighted by molar-refractivity contribution is 0.0696. The summed E-state index contributed by atoms with van der Waals surface area (Å²) >= 11 is 0. The van der Waals surface area contributed by atoms with Crippen molar-refractivity contribution < 1.29 is 14.7 Å². The van der Waals surface area contributed by atoms with Crippen LogP contribution in [-0.4, -0.2) is 17.0 Å². The Morgan fingerprint density at radius 3 is 1.88 bits per heavy atom. The normalized spacial score (nSPS) is 10.2. The molecule has 4 heteroatoms. The maximum atomic E-state index is 12.2. The van der Waals surface area contributed by atoms with Gasteiger partial charge in [-0.05, 0) is 41.0 Å². The maximum Gasteiger partial charge on any atom is 0.335 e. The summed E-state index contributed by atoms with van der Waals surface area (Å²) in [5, 5.41) is 11.7. The Hall–Kier alpha value is -3.40. The van der Waals surface area contributed by atoms with Gasteiger partial charge >= 0.3 is 5.97 Å². The zero-order chi connectivity index (χ0) is 17.6. The third-order valence-electron chi connectivity index (χ3n) is 3.91. The molecule has 0 fully saturated rings. The van der Waals surface area contributed by atoms with E-state index in [4.69, 9.17) is 5.11 Å². The van der Waals surface area contributed by atoms with Crippen molar-refractivity contribution in [1.82, 2.24) is 5.32 Å². The minimum absolute atomic E-state index is 0.165. The minimum atomic E-state index is -0.964. The van der Waals surface area contributed by atoms with Gasteiger partial charge in [0.1, 0.15) is 0 Å². The van der Waals surface area contributed by atoms with E-state index in [0.717, 1.165) is 16.7 Å². The molecule has 0 radical (unpaired) electrons. The Balaban J connectivity index is 1.62. The highest BCUT2D eigenvalue weighted by Gasteiger charge is 2.07. The lowest BCUT2D eigenvalue weighted by Gasteiger charge is -2.07. The van der Waals surface area contributed by atoms with E-state index in [9.17, 15) is 9.59 Å². The Morgan fingerprint density at radius 2 is 1.28 bits per heavy atom. The van der Waals surface area contributed by atoms with Crippen molar-refractivity contribution in [3.8, 4) is 11.1 Å². The van der Waals surface area contributed by atoms with Gasteiger partial charge in [-0.1, -0.05) is 54.6 Å². The van der Waals surface area contributed by atoms with Crippen LogP contribution in [0.2, 0.25) is 0 Å². The lowest BCUT2D eigenvalue weighted by atomic mass is 10.0. The minimum Gasteiger partial charge on any atom is -0.478 e. The van der Waals surface area contributed by atoms with Gasteiger partial charge in [0.05, 0.1) is 5.56 Å². The topological polar surface area (TPSA) is 66.4 Å². The summed E-state index contributed by atoms with van der Waals surface area (Å²) in [6.07, 6.45) is 0. The molecule has 0 aliphatic heterocycles. The van der Waals surface area contributed by atoms with Crippen LogP contribution in [0.5, 0.6) is 0 Å². The number of carboxylic acids is 1. The van der Waals surface area contributed by atoms with Crippen molar-refractivity contribution in [3.05, 3.63) is 95.6 Å². The summed E-state index contributed by atoms with van der Waals surface area (Å²) in [5.41, 5.74) is 3.82. The van der Waals surface area contributed by atoms with Crippen molar-refractivity contribution in [3.63, 3.8) is 0 Å². The van der Waals surface area contributed by atoms with Gasteiger partial charge in [0, 0.05) is 12.1 Å². The lowest BCUT2D eigenvalue weighted by Crippen LogP contribution is -2.22. The predicted molar refractivity (Wildman–Crippen MR) is 96.4 cm³/mol. The van der Waals surface area contributed by atoms with E-state index in [1.165, 1.54) is 12.1 Å².